The predicted octanol–water partition coefficient (Wildman–Crippen LogP) is 3.38. The summed E-state index contributed by atoms with van der Waals surface area (Å²) in [7, 11) is -2.98. The summed E-state index contributed by atoms with van der Waals surface area (Å²) in [5.74, 6) is 0.756. The Balaban J connectivity index is 2.09. The topological polar surface area (TPSA) is 43.4 Å². The van der Waals surface area contributed by atoms with Crippen LogP contribution >= 0.6 is 11.6 Å². The van der Waals surface area contributed by atoms with Gasteiger partial charge >= 0.3 is 0 Å². The van der Waals surface area contributed by atoms with Gasteiger partial charge in [-0.3, -0.25) is 0 Å². The lowest BCUT2D eigenvalue weighted by Crippen LogP contribution is -2.33. The fraction of sp³-hybridized carbons (Fsp3) is 0.571. The summed E-state index contributed by atoms with van der Waals surface area (Å²) in [5.41, 5.74) is 1.02. The van der Waals surface area contributed by atoms with Crippen molar-refractivity contribution in [1.29, 1.82) is 0 Å². The second-order valence-electron chi connectivity index (χ2n) is 5.27. The molecule has 2 unspecified atom stereocenters. The molecule has 106 valence electrons. The lowest BCUT2D eigenvalue weighted by Gasteiger charge is -2.29. The number of rotatable bonds is 3. The number of ether oxygens (including phenoxy) is 1. The quantitative estimate of drug-likeness (QED) is 0.859. The van der Waals surface area contributed by atoms with Crippen LogP contribution in [0.4, 0.5) is 0 Å². The van der Waals surface area contributed by atoms with Crippen molar-refractivity contribution >= 4 is 21.4 Å². The lowest BCUT2D eigenvalue weighted by molar-refractivity contribution is 0.155. The van der Waals surface area contributed by atoms with Crippen molar-refractivity contribution < 1.29 is 13.2 Å². The van der Waals surface area contributed by atoms with E-state index in [4.69, 9.17) is 16.3 Å². The number of hydrogen-bond donors (Lipinski definition) is 0. The van der Waals surface area contributed by atoms with Crippen LogP contribution in [0, 0.1) is 6.92 Å². The third kappa shape index (κ3) is 3.86. The van der Waals surface area contributed by atoms with Gasteiger partial charge < -0.3 is 4.74 Å². The molecule has 2 rings (SSSR count). The molecular formula is C14H19ClO3S. The molecule has 1 aromatic carbocycles. The van der Waals surface area contributed by atoms with E-state index in [2.05, 4.69) is 0 Å². The van der Waals surface area contributed by atoms with Crippen LogP contribution in [0.15, 0.2) is 18.2 Å². The second-order valence-corrected chi connectivity index (χ2v) is 8.03. The van der Waals surface area contributed by atoms with Gasteiger partial charge in [0.25, 0.3) is 0 Å². The molecule has 3 nitrogen and oxygen atoms in total. The van der Waals surface area contributed by atoms with Crippen LogP contribution in [0.3, 0.4) is 0 Å². The normalized spacial score (nSPS) is 24.2. The highest BCUT2D eigenvalue weighted by Gasteiger charge is 2.30. The molecule has 0 spiro atoms. The van der Waals surface area contributed by atoms with E-state index in [-0.39, 0.29) is 11.4 Å². The van der Waals surface area contributed by atoms with Gasteiger partial charge in [0, 0.05) is 17.7 Å². The molecule has 0 N–H and O–H groups in total. The molecule has 1 saturated carbocycles. The molecule has 1 aliphatic carbocycles. The van der Waals surface area contributed by atoms with E-state index >= 15 is 0 Å². The number of aryl methyl sites for hydroxylation is 1. The van der Waals surface area contributed by atoms with E-state index in [9.17, 15) is 8.42 Å². The van der Waals surface area contributed by atoms with Crippen molar-refractivity contribution in [3.8, 4) is 5.75 Å². The Morgan fingerprint density at radius 3 is 2.74 bits per heavy atom. The van der Waals surface area contributed by atoms with Crippen LogP contribution in [0.2, 0.25) is 5.02 Å². The molecule has 1 aliphatic rings. The zero-order chi connectivity index (χ0) is 14.0. The van der Waals surface area contributed by atoms with Gasteiger partial charge in [-0.25, -0.2) is 8.42 Å². The van der Waals surface area contributed by atoms with Gasteiger partial charge in [-0.15, -0.1) is 0 Å². The SMILES string of the molecule is Cc1ccc(Cl)cc1OC1CCCC(S(C)(=O)=O)C1. The Labute approximate surface area is 119 Å². The lowest BCUT2D eigenvalue weighted by atomic mass is 9.97. The zero-order valence-corrected chi connectivity index (χ0v) is 12.8. The maximum absolute atomic E-state index is 11.6. The molecule has 5 heteroatoms. The van der Waals surface area contributed by atoms with Crippen LogP contribution in [-0.4, -0.2) is 26.0 Å². The van der Waals surface area contributed by atoms with Gasteiger partial charge in [0.1, 0.15) is 15.6 Å². The van der Waals surface area contributed by atoms with E-state index < -0.39 is 9.84 Å². The van der Waals surface area contributed by atoms with Gasteiger partial charge in [-0.2, -0.15) is 0 Å². The van der Waals surface area contributed by atoms with Crippen LogP contribution in [-0.2, 0) is 9.84 Å². The average molecular weight is 303 g/mol. The first kappa shape index (κ1) is 14.7. The smallest absolute Gasteiger partial charge is 0.150 e. The maximum Gasteiger partial charge on any atom is 0.150 e. The number of sulfone groups is 1. The summed E-state index contributed by atoms with van der Waals surface area (Å²) in [6.07, 6.45) is 4.38. The molecule has 0 aliphatic heterocycles. The van der Waals surface area contributed by atoms with Crippen molar-refractivity contribution in [1.82, 2.24) is 0 Å². The highest BCUT2D eigenvalue weighted by Crippen LogP contribution is 2.30. The molecule has 0 radical (unpaired) electrons. The molecule has 19 heavy (non-hydrogen) atoms. The van der Waals surface area contributed by atoms with Crippen LogP contribution in [0.5, 0.6) is 5.75 Å². The van der Waals surface area contributed by atoms with Crippen molar-refractivity contribution in [2.45, 2.75) is 44.0 Å². The third-order valence-corrected chi connectivity index (χ3v) is 5.50. The minimum atomic E-state index is -2.98. The standard InChI is InChI=1S/C14H19ClO3S/c1-10-6-7-11(15)8-14(10)18-12-4-3-5-13(9-12)19(2,16)17/h6-8,12-13H,3-5,9H2,1-2H3. The van der Waals surface area contributed by atoms with Crippen LogP contribution in [0.1, 0.15) is 31.2 Å². The second kappa shape index (κ2) is 5.71. The summed E-state index contributed by atoms with van der Waals surface area (Å²) >= 11 is 5.96. The Kier molecular flexibility index (Phi) is 4.41. The number of benzene rings is 1. The van der Waals surface area contributed by atoms with Crippen molar-refractivity contribution in [3.63, 3.8) is 0 Å². The molecule has 0 saturated heterocycles. The minimum absolute atomic E-state index is 0.0364. The van der Waals surface area contributed by atoms with E-state index in [0.29, 0.717) is 11.4 Å². The van der Waals surface area contributed by atoms with Gasteiger partial charge in [-0.05, 0) is 43.9 Å². The number of halogens is 1. The Hall–Kier alpha value is -0.740. The summed E-state index contributed by atoms with van der Waals surface area (Å²) in [5, 5.41) is 0.363. The van der Waals surface area contributed by atoms with E-state index in [1.54, 1.807) is 6.07 Å². The van der Waals surface area contributed by atoms with Gasteiger partial charge in [0.2, 0.25) is 0 Å². The van der Waals surface area contributed by atoms with E-state index in [1.165, 1.54) is 6.26 Å². The zero-order valence-electron chi connectivity index (χ0n) is 11.2. The highest BCUT2D eigenvalue weighted by atomic mass is 35.5. The van der Waals surface area contributed by atoms with Crippen molar-refractivity contribution in [2.24, 2.45) is 0 Å². The first-order chi connectivity index (χ1) is 8.86. The first-order valence-corrected chi connectivity index (χ1v) is 8.81. The van der Waals surface area contributed by atoms with Gasteiger partial charge in [-0.1, -0.05) is 17.7 Å². The summed E-state index contributed by atoms with van der Waals surface area (Å²) < 4.78 is 29.2. The Morgan fingerprint density at radius 2 is 2.05 bits per heavy atom. The number of hydrogen-bond acceptors (Lipinski definition) is 3. The molecule has 0 heterocycles. The largest absolute Gasteiger partial charge is 0.490 e. The van der Waals surface area contributed by atoms with Crippen molar-refractivity contribution in [3.05, 3.63) is 28.8 Å². The maximum atomic E-state index is 11.6. The van der Waals surface area contributed by atoms with Crippen molar-refractivity contribution in [2.75, 3.05) is 6.26 Å². The summed E-state index contributed by atoms with van der Waals surface area (Å²) in [4.78, 5) is 0. The molecule has 1 fully saturated rings. The van der Waals surface area contributed by atoms with E-state index in [0.717, 1.165) is 30.6 Å². The predicted molar refractivity (Wildman–Crippen MR) is 77.7 cm³/mol. The van der Waals surface area contributed by atoms with Gasteiger partial charge in [0.15, 0.2) is 0 Å². The molecular weight excluding hydrogens is 284 g/mol. The Morgan fingerprint density at radius 1 is 1.32 bits per heavy atom. The van der Waals surface area contributed by atoms with Crippen LogP contribution in [0.25, 0.3) is 0 Å². The fourth-order valence-corrected chi connectivity index (χ4v) is 3.80. The summed E-state index contributed by atoms with van der Waals surface area (Å²) in [6, 6.07) is 5.53. The Bertz CT molecular complexity index is 554. The van der Waals surface area contributed by atoms with Gasteiger partial charge in [0.05, 0.1) is 11.4 Å². The molecule has 0 bridgehead atoms. The first-order valence-electron chi connectivity index (χ1n) is 6.48. The molecule has 1 aromatic rings. The third-order valence-electron chi connectivity index (χ3n) is 3.63. The summed E-state index contributed by atoms with van der Waals surface area (Å²) in [6.45, 7) is 1.96. The molecule has 0 aromatic heterocycles. The highest BCUT2D eigenvalue weighted by molar-refractivity contribution is 7.91. The fourth-order valence-electron chi connectivity index (χ4n) is 2.48. The minimum Gasteiger partial charge on any atom is -0.490 e. The van der Waals surface area contributed by atoms with E-state index in [1.807, 2.05) is 19.1 Å². The average Bonchev–Trinajstić information content (AvgIpc) is 2.33. The monoisotopic (exact) mass is 302 g/mol. The van der Waals surface area contributed by atoms with Crippen LogP contribution < -0.4 is 4.74 Å². The molecule has 0 amide bonds. The molecule has 2 atom stereocenters.